The van der Waals surface area contributed by atoms with Gasteiger partial charge in [-0.05, 0) is 127 Å². The van der Waals surface area contributed by atoms with Crippen LogP contribution < -0.4 is 39.9 Å². The van der Waals surface area contributed by atoms with Crippen LogP contribution in [-0.4, -0.2) is 105 Å². The second-order valence-electron chi connectivity index (χ2n) is 22.0. The molecule has 396 valence electrons. The molecule has 2 aliphatic rings. The van der Waals surface area contributed by atoms with Crippen molar-refractivity contribution in [1.29, 1.82) is 0 Å². The molecule has 16 heteroatoms. The molecule has 2 atom stereocenters. The minimum absolute atomic E-state index is 0.0126. The molecule has 0 saturated heterocycles. The van der Waals surface area contributed by atoms with Crippen LogP contribution in [0.25, 0.3) is 11.1 Å². The number of unbranched alkanes of at least 4 members (excludes halogenated alkanes) is 2. The van der Waals surface area contributed by atoms with Crippen molar-refractivity contribution in [2.45, 2.75) is 122 Å². The van der Waals surface area contributed by atoms with Crippen LogP contribution in [0.15, 0.2) is 85.2 Å². The Morgan fingerprint density at radius 1 is 0.534 bits per heavy atom. The number of nitrogen functional groups attached to an aromatic ring is 2. The minimum atomic E-state index is -2.11. The fourth-order valence-corrected chi connectivity index (χ4v) is 10.3. The predicted octanol–water partition coefficient (Wildman–Crippen LogP) is 12.1. The van der Waals surface area contributed by atoms with Crippen LogP contribution in [-0.2, 0) is 8.85 Å². The first-order chi connectivity index (χ1) is 34.4. The van der Waals surface area contributed by atoms with E-state index in [-0.39, 0.29) is 45.3 Å². The molecule has 0 fully saturated rings. The summed E-state index contributed by atoms with van der Waals surface area (Å²) in [6.07, 6.45) is 7.30. The number of nitrogens with zero attached hydrogens (tertiary/aromatic N) is 2. The summed E-state index contributed by atoms with van der Waals surface area (Å²) in [4.78, 5) is 32.4. The molecular formula is C57H80N4O10Si2. The fraction of sp³-hybridized carbons (Fsp3) is 0.474. The number of methoxy groups -OCH3 is 4. The summed E-state index contributed by atoms with van der Waals surface area (Å²) < 4.78 is 48.0. The molecule has 2 aliphatic heterocycles. The average Bonchev–Trinajstić information content (AvgIpc) is 3.99. The van der Waals surface area contributed by atoms with E-state index in [0.717, 1.165) is 40.2 Å². The minimum Gasteiger partial charge on any atom is -0.497 e. The number of rotatable bonds is 22. The van der Waals surface area contributed by atoms with E-state index in [9.17, 15) is 9.59 Å². The number of benzene rings is 4. The third kappa shape index (κ3) is 13.4. The molecule has 6 rings (SSSR count). The Morgan fingerprint density at radius 3 is 1.21 bits per heavy atom. The van der Waals surface area contributed by atoms with Gasteiger partial charge in [0.05, 0.1) is 78.1 Å². The van der Waals surface area contributed by atoms with Gasteiger partial charge in [-0.2, -0.15) is 0 Å². The molecule has 14 nitrogen and oxygen atoms in total. The van der Waals surface area contributed by atoms with Crippen LogP contribution in [0, 0.1) is 0 Å². The van der Waals surface area contributed by atoms with Gasteiger partial charge in [0.1, 0.15) is 11.5 Å². The zero-order valence-corrected chi connectivity index (χ0v) is 47.7. The monoisotopic (exact) mass is 1040 g/mol. The largest absolute Gasteiger partial charge is 0.497 e. The summed E-state index contributed by atoms with van der Waals surface area (Å²) in [7, 11) is 2.15. The van der Waals surface area contributed by atoms with Crippen LogP contribution in [0.4, 0.5) is 11.4 Å². The summed E-state index contributed by atoms with van der Waals surface area (Å²) in [6.45, 7) is 23.7. The Balaban J connectivity index is 1.07. The molecule has 4 aromatic rings. The molecular weight excluding hydrogens is 957 g/mol. The summed E-state index contributed by atoms with van der Waals surface area (Å²) in [5, 5.41) is 0.0251. The van der Waals surface area contributed by atoms with Gasteiger partial charge in [0.25, 0.3) is 11.8 Å². The maximum Gasteiger partial charge on any atom is 0.260 e. The van der Waals surface area contributed by atoms with E-state index in [1.54, 1.807) is 62.5 Å². The number of carbonyl (C=O) groups excluding carboxylic acids is 2. The van der Waals surface area contributed by atoms with Gasteiger partial charge in [-0.3, -0.25) is 9.59 Å². The molecule has 4 N–H and O–H groups in total. The highest BCUT2D eigenvalue weighted by atomic mass is 28.4. The van der Waals surface area contributed by atoms with Crippen LogP contribution in [0.5, 0.6) is 34.5 Å². The second-order valence-corrected chi connectivity index (χ2v) is 31.6. The number of anilines is 2. The molecule has 0 unspecified atom stereocenters. The first-order valence-corrected chi connectivity index (χ1v) is 31.1. The lowest BCUT2D eigenvalue weighted by Gasteiger charge is -2.38. The SMILES string of the molecule is COc1ccc(C2=CN(C(=O)c3cc(OC)c(OCCCCCOc4cc(N)c(C(=O)N5C=C(c6ccc(OC)cc6)C[C@H]5CO[Si](C)(C)C(C)(C)C)cc4OC)cc3N)[C@H](CO[Si](C)(C)C(C)(C)C)C2)cc1. The Bertz CT molecular complexity index is 2440. The second kappa shape index (κ2) is 23.5. The van der Waals surface area contributed by atoms with Gasteiger partial charge in [0, 0.05) is 35.9 Å². The molecule has 2 heterocycles. The van der Waals surface area contributed by atoms with Crippen LogP contribution in [0.2, 0.25) is 36.3 Å². The molecule has 2 amide bonds. The third-order valence-corrected chi connectivity index (χ3v) is 24.0. The molecule has 73 heavy (non-hydrogen) atoms. The molecule has 0 aliphatic carbocycles. The summed E-state index contributed by atoms with van der Waals surface area (Å²) in [5.74, 6) is 2.77. The van der Waals surface area contributed by atoms with E-state index in [4.69, 9.17) is 48.7 Å². The highest BCUT2D eigenvalue weighted by Gasteiger charge is 2.41. The quantitative estimate of drug-likeness (QED) is 0.0435. The molecule has 0 saturated carbocycles. The van der Waals surface area contributed by atoms with Gasteiger partial charge in [-0.1, -0.05) is 65.8 Å². The molecule has 0 aromatic heterocycles. The normalized spacial score (nSPS) is 16.2. The standard InChI is InChI=1S/C57H80N4O10Si2/c1-56(2,3)72(11,12)70-36-42-28-40(38-18-22-44(64-7)23-19-38)34-60(42)54(62)46-30-50(66-9)52(32-48(46)58)68-26-16-15-17-27-69-53-33-49(59)47(31-51(53)67-10)55(63)61-35-41(39-20-24-45(65-8)25-21-39)29-43(61)37-71-73(13,14)57(4,5)6/h18-25,30-35,42-43H,15-17,26-29,36-37,58-59H2,1-14H3/t42-,43-/m0/s1. The zero-order chi connectivity index (χ0) is 53.5. The molecule has 4 aromatic carbocycles. The van der Waals surface area contributed by atoms with Crippen molar-refractivity contribution in [2.24, 2.45) is 0 Å². The smallest absolute Gasteiger partial charge is 0.260 e. The van der Waals surface area contributed by atoms with Crippen molar-refractivity contribution in [3.8, 4) is 34.5 Å². The molecule has 0 spiro atoms. The summed E-state index contributed by atoms with van der Waals surface area (Å²) in [5.41, 5.74) is 18.5. The van der Waals surface area contributed by atoms with Crippen molar-refractivity contribution >= 4 is 51.0 Å². The van der Waals surface area contributed by atoms with E-state index in [0.29, 0.717) is 86.2 Å². The van der Waals surface area contributed by atoms with E-state index in [2.05, 4.69) is 67.7 Å². The number of carbonyl (C=O) groups is 2. The van der Waals surface area contributed by atoms with Gasteiger partial charge < -0.3 is 58.5 Å². The lowest BCUT2D eigenvalue weighted by Crippen LogP contribution is -2.45. The highest BCUT2D eigenvalue weighted by Crippen LogP contribution is 2.42. The van der Waals surface area contributed by atoms with Crippen molar-refractivity contribution < 1.29 is 46.9 Å². The molecule has 0 radical (unpaired) electrons. The van der Waals surface area contributed by atoms with Crippen molar-refractivity contribution in [2.75, 3.05) is 66.3 Å². The maximum absolute atomic E-state index is 14.4. The summed E-state index contributed by atoms with van der Waals surface area (Å²) in [6, 6.07) is 21.9. The van der Waals surface area contributed by atoms with Crippen LogP contribution in [0.3, 0.4) is 0 Å². The van der Waals surface area contributed by atoms with Crippen molar-refractivity contribution in [3.05, 3.63) is 107 Å². The van der Waals surface area contributed by atoms with Gasteiger partial charge >= 0.3 is 0 Å². The van der Waals surface area contributed by atoms with E-state index in [1.165, 1.54) is 0 Å². The number of hydrogen-bond acceptors (Lipinski definition) is 12. The Kier molecular flexibility index (Phi) is 18.1. The van der Waals surface area contributed by atoms with Crippen LogP contribution >= 0.6 is 0 Å². The van der Waals surface area contributed by atoms with Crippen LogP contribution in [0.1, 0.15) is 105 Å². The topological polar surface area (TPSA) is 166 Å². The number of ether oxygens (including phenoxy) is 6. The van der Waals surface area contributed by atoms with Gasteiger partial charge in [-0.25, -0.2) is 0 Å². The Labute approximate surface area is 436 Å². The molecule has 0 bridgehead atoms. The third-order valence-electron chi connectivity index (χ3n) is 15.0. The van der Waals surface area contributed by atoms with Gasteiger partial charge in [0.15, 0.2) is 39.6 Å². The van der Waals surface area contributed by atoms with E-state index >= 15 is 0 Å². The first kappa shape index (κ1) is 56.4. The fourth-order valence-electron chi connectivity index (χ4n) is 8.21. The van der Waals surface area contributed by atoms with E-state index < -0.39 is 16.6 Å². The predicted molar refractivity (Wildman–Crippen MR) is 297 cm³/mol. The Hall–Kier alpha value is -5.95. The highest BCUT2D eigenvalue weighted by molar-refractivity contribution is 6.74. The Morgan fingerprint density at radius 2 is 0.890 bits per heavy atom. The first-order valence-electron chi connectivity index (χ1n) is 25.3. The summed E-state index contributed by atoms with van der Waals surface area (Å²) >= 11 is 0. The van der Waals surface area contributed by atoms with Crippen molar-refractivity contribution in [1.82, 2.24) is 9.80 Å². The number of nitrogens with two attached hydrogens (primary N) is 2. The van der Waals surface area contributed by atoms with Crippen molar-refractivity contribution in [3.63, 3.8) is 0 Å². The lowest BCUT2D eigenvalue weighted by atomic mass is 10.0. The van der Waals surface area contributed by atoms with E-state index in [1.807, 2.05) is 60.9 Å². The number of amides is 2. The number of hydrogen-bond donors (Lipinski definition) is 2. The van der Waals surface area contributed by atoms with Gasteiger partial charge in [0.2, 0.25) is 0 Å². The lowest BCUT2D eigenvalue weighted by molar-refractivity contribution is 0.0732. The van der Waals surface area contributed by atoms with Gasteiger partial charge in [-0.15, -0.1) is 0 Å². The zero-order valence-electron chi connectivity index (χ0n) is 45.7. The average molecular weight is 1040 g/mol. The maximum atomic E-state index is 14.4.